The Morgan fingerprint density at radius 2 is 0.948 bits per heavy atom. The molecule has 0 radical (unpaired) electrons. The second kappa shape index (κ2) is 38.0. The standard InChI is InChI=1S/C42H76N3O12P/c1-4-7-8-9-10-11-12-13-14-15-20-55-42-18-16-40(17-19-42)37-45-38-41(43-44-45)39-54-34-33-52-30-29-50-26-25-48-22-21-47-23-24-49-27-28-51-31-32-53-35-36-58(46,56-5-2)57-6-3/h16-19,38H,4-15,20-37,39H2,1-3H3. The summed E-state index contributed by atoms with van der Waals surface area (Å²) in [6.07, 6.45) is 15.4. The summed E-state index contributed by atoms with van der Waals surface area (Å²) in [5.74, 6) is 0.913. The highest BCUT2D eigenvalue weighted by Gasteiger charge is 2.22. The third kappa shape index (κ3) is 30.1. The van der Waals surface area contributed by atoms with Crippen LogP contribution in [-0.2, 0) is 64.7 Å². The summed E-state index contributed by atoms with van der Waals surface area (Å²) in [4.78, 5) is 0. The van der Waals surface area contributed by atoms with Gasteiger partial charge in [-0.15, -0.1) is 5.10 Å². The molecule has 0 aliphatic rings. The lowest BCUT2D eigenvalue weighted by molar-refractivity contribution is -0.0234. The number of aromatic nitrogens is 3. The molecule has 1 heterocycles. The first-order chi connectivity index (χ1) is 28.6. The largest absolute Gasteiger partial charge is 0.494 e. The van der Waals surface area contributed by atoms with Gasteiger partial charge in [0.15, 0.2) is 0 Å². The molecule has 1 aromatic carbocycles. The Balaban J connectivity index is 1.29. The lowest BCUT2D eigenvalue weighted by atomic mass is 10.1. The molecule has 0 aliphatic carbocycles. The minimum Gasteiger partial charge on any atom is -0.494 e. The molecule has 58 heavy (non-hydrogen) atoms. The summed E-state index contributed by atoms with van der Waals surface area (Å²) in [7, 11) is -3.06. The summed E-state index contributed by atoms with van der Waals surface area (Å²) in [5.41, 5.74) is 1.92. The van der Waals surface area contributed by atoms with Gasteiger partial charge in [-0.2, -0.15) is 0 Å². The van der Waals surface area contributed by atoms with Crippen molar-refractivity contribution < 1.29 is 56.2 Å². The molecule has 16 heteroatoms. The molecule has 2 aromatic rings. The van der Waals surface area contributed by atoms with Gasteiger partial charge in [-0.3, -0.25) is 4.57 Å². The number of hydrogen-bond acceptors (Lipinski definition) is 14. The Morgan fingerprint density at radius 3 is 1.41 bits per heavy atom. The van der Waals surface area contributed by atoms with Gasteiger partial charge in [0.2, 0.25) is 0 Å². The van der Waals surface area contributed by atoms with Gasteiger partial charge in [-0.05, 0) is 38.0 Å². The minimum atomic E-state index is -3.06. The predicted molar refractivity (Wildman–Crippen MR) is 224 cm³/mol. The molecule has 0 saturated heterocycles. The molecule has 0 spiro atoms. The topological polar surface area (TPSA) is 149 Å². The Kier molecular flexibility index (Phi) is 34.1. The fraction of sp³-hybridized carbons (Fsp3) is 0.810. The maximum Gasteiger partial charge on any atom is 0.332 e. The van der Waals surface area contributed by atoms with Gasteiger partial charge in [0.1, 0.15) is 11.4 Å². The van der Waals surface area contributed by atoms with Crippen LogP contribution in [0, 0.1) is 0 Å². The fourth-order valence-electron chi connectivity index (χ4n) is 5.59. The highest BCUT2D eigenvalue weighted by atomic mass is 31.2. The molecule has 0 atom stereocenters. The number of nitrogens with zero attached hydrogens (tertiary/aromatic N) is 3. The van der Waals surface area contributed by atoms with Crippen LogP contribution in [0.15, 0.2) is 30.5 Å². The Labute approximate surface area is 348 Å². The van der Waals surface area contributed by atoms with Crippen LogP contribution in [-0.4, -0.2) is 140 Å². The van der Waals surface area contributed by atoms with Crippen LogP contribution < -0.4 is 4.74 Å². The van der Waals surface area contributed by atoms with E-state index < -0.39 is 7.60 Å². The Morgan fingerprint density at radius 1 is 0.517 bits per heavy atom. The summed E-state index contributed by atoms with van der Waals surface area (Å²) in [5, 5.41) is 8.46. The number of unbranched alkanes of at least 4 members (excludes halogenated alkanes) is 9. The smallest absolute Gasteiger partial charge is 0.332 e. The number of ether oxygens (including phenoxy) is 9. The van der Waals surface area contributed by atoms with Gasteiger partial charge in [0.05, 0.1) is 144 Å². The van der Waals surface area contributed by atoms with Crippen molar-refractivity contribution in [3.63, 3.8) is 0 Å². The van der Waals surface area contributed by atoms with E-state index in [4.69, 9.17) is 51.7 Å². The molecule has 336 valence electrons. The summed E-state index contributed by atoms with van der Waals surface area (Å²) >= 11 is 0. The van der Waals surface area contributed by atoms with Crippen molar-refractivity contribution >= 4 is 7.60 Å². The molecular formula is C42H76N3O12P. The molecule has 0 amide bonds. The maximum atomic E-state index is 12.3. The van der Waals surface area contributed by atoms with Crippen LogP contribution in [0.4, 0.5) is 0 Å². The van der Waals surface area contributed by atoms with E-state index in [9.17, 15) is 4.57 Å². The van der Waals surface area contributed by atoms with E-state index in [1.807, 2.05) is 23.0 Å². The number of rotatable bonds is 44. The molecular weight excluding hydrogens is 769 g/mol. The molecule has 2 rings (SSSR count). The van der Waals surface area contributed by atoms with Crippen molar-refractivity contribution in [2.75, 3.05) is 125 Å². The summed E-state index contributed by atoms with van der Waals surface area (Å²) < 4.78 is 74.8. The third-order valence-electron chi connectivity index (χ3n) is 8.64. The summed E-state index contributed by atoms with van der Waals surface area (Å²) in [6.45, 7) is 15.2. The molecule has 1 aromatic heterocycles. The first-order valence-electron chi connectivity index (χ1n) is 21.7. The van der Waals surface area contributed by atoms with Gasteiger partial charge >= 0.3 is 7.60 Å². The fourth-order valence-corrected chi connectivity index (χ4v) is 7.06. The maximum absolute atomic E-state index is 12.3. The average molecular weight is 846 g/mol. The van der Waals surface area contributed by atoms with Crippen molar-refractivity contribution in [1.29, 1.82) is 0 Å². The molecule has 0 unspecified atom stereocenters. The van der Waals surface area contributed by atoms with Crippen molar-refractivity contribution in [3.05, 3.63) is 41.7 Å². The lowest BCUT2D eigenvalue weighted by Gasteiger charge is -2.16. The van der Waals surface area contributed by atoms with Gasteiger partial charge in [0.25, 0.3) is 0 Å². The Bertz CT molecular complexity index is 1220. The Hall–Kier alpha value is -2.01. The van der Waals surface area contributed by atoms with E-state index in [0.717, 1.165) is 30.0 Å². The highest BCUT2D eigenvalue weighted by molar-refractivity contribution is 7.53. The monoisotopic (exact) mass is 846 g/mol. The zero-order valence-corrected chi connectivity index (χ0v) is 36.9. The average Bonchev–Trinajstić information content (AvgIpc) is 3.67. The van der Waals surface area contributed by atoms with Gasteiger partial charge in [-0.25, -0.2) is 4.68 Å². The van der Waals surface area contributed by atoms with Crippen molar-refractivity contribution in [3.8, 4) is 5.75 Å². The van der Waals surface area contributed by atoms with Gasteiger partial charge in [0, 0.05) is 0 Å². The van der Waals surface area contributed by atoms with E-state index in [-0.39, 0.29) is 6.16 Å². The predicted octanol–water partition coefficient (Wildman–Crippen LogP) is 7.53. The zero-order chi connectivity index (χ0) is 41.5. The summed E-state index contributed by atoms with van der Waals surface area (Å²) in [6, 6.07) is 8.22. The van der Waals surface area contributed by atoms with Crippen LogP contribution in [0.3, 0.4) is 0 Å². The van der Waals surface area contributed by atoms with Crippen molar-refractivity contribution in [1.82, 2.24) is 15.0 Å². The third-order valence-corrected chi connectivity index (χ3v) is 10.7. The lowest BCUT2D eigenvalue weighted by Crippen LogP contribution is -2.15. The van der Waals surface area contributed by atoms with E-state index in [2.05, 4.69) is 29.4 Å². The van der Waals surface area contributed by atoms with Crippen LogP contribution in [0.1, 0.15) is 96.2 Å². The van der Waals surface area contributed by atoms with Crippen LogP contribution >= 0.6 is 7.60 Å². The van der Waals surface area contributed by atoms with Crippen LogP contribution in [0.5, 0.6) is 5.75 Å². The molecule has 0 fully saturated rings. The van der Waals surface area contributed by atoms with Crippen LogP contribution in [0.25, 0.3) is 0 Å². The normalized spacial score (nSPS) is 11.8. The molecule has 0 aliphatic heterocycles. The number of hydrogen-bond donors (Lipinski definition) is 0. The quantitative estimate of drug-likeness (QED) is 0.0478. The molecule has 0 bridgehead atoms. The molecule has 0 saturated carbocycles. The second-order valence-electron chi connectivity index (χ2n) is 13.6. The SMILES string of the molecule is CCCCCCCCCCCCOc1ccc(Cn2cc(COCCOCCOCCOCCOCCOCCOCCOCCP(=O)(OCC)OCC)nn2)cc1. The van der Waals surface area contributed by atoms with E-state index in [1.54, 1.807) is 13.8 Å². The van der Waals surface area contributed by atoms with Crippen molar-refractivity contribution in [2.45, 2.75) is 98.1 Å². The minimum absolute atomic E-state index is 0.229. The van der Waals surface area contributed by atoms with E-state index in [1.165, 1.54) is 57.8 Å². The van der Waals surface area contributed by atoms with Crippen LogP contribution in [0.2, 0.25) is 0 Å². The number of benzene rings is 1. The van der Waals surface area contributed by atoms with E-state index >= 15 is 0 Å². The molecule has 15 nitrogen and oxygen atoms in total. The first kappa shape index (κ1) is 52.1. The molecule has 0 N–H and O–H groups in total. The van der Waals surface area contributed by atoms with Crippen molar-refractivity contribution in [2.24, 2.45) is 0 Å². The zero-order valence-electron chi connectivity index (χ0n) is 36.0. The highest BCUT2D eigenvalue weighted by Crippen LogP contribution is 2.47. The van der Waals surface area contributed by atoms with Gasteiger partial charge < -0.3 is 51.7 Å². The first-order valence-corrected chi connectivity index (χ1v) is 23.4. The van der Waals surface area contributed by atoms with E-state index in [0.29, 0.717) is 125 Å². The second-order valence-corrected chi connectivity index (χ2v) is 15.8. The van der Waals surface area contributed by atoms with Gasteiger partial charge in [-0.1, -0.05) is 82.1 Å².